The molecule has 0 saturated carbocycles. The van der Waals surface area contributed by atoms with Gasteiger partial charge in [0.05, 0.1) is 6.42 Å². The van der Waals surface area contributed by atoms with Crippen LogP contribution in [0.15, 0.2) is 18.2 Å². The lowest BCUT2D eigenvalue weighted by Crippen LogP contribution is -2.18. The van der Waals surface area contributed by atoms with Crippen LogP contribution < -0.4 is 0 Å². The first-order valence-corrected chi connectivity index (χ1v) is 5.67. The molecular weight excluding hydrogens is 202 g/mol. The molecule has 0 unspecified atom stereocenters. The number of carboxylic acid groups (broad SMARTS) is 1. The molecule has 0 atom stereocenters. The third-order valence-electron chi connectivity index (χ3n) is 3.13. The summed E-state index contributed by atoms with van der Waals surface area (Å²) in [6, 6.07) is 6.04. The van der Waals surface area contributed by atoms with Crippen LogP contribution >= 0.6 is 0 Å². The fourth-order valence-electron chi connectivity index (χ4n) is 2.34. The van der Waals surface area contributed by atoms with Gasteiger partial charge in [-0.3, -0.25) is 4.79 Å². The van der Waals surface area contributed by atoms with Crippen LogP contribution in [0.2, 0.25) is 0 Å². The highest BCUT2D eigenvalue weighted by Gasteiger charge is 2.15. The van der Waals surface area contributed by atoms with Gasteiger partial charge in [-0.2, -0.15) is 0 Å². The number of nitrogens with zero attached hydrogens (tertiary/aromatic N) is 1. The molecule has 3 nitrogen and oxygen atoms in total. The molecule has 0 fully saturated rings. The molecule has 0 spiro atoms. The number of benzene rings is 1. The molecule has 0 aromatic heterocycles. The average Bonchev–Trinajstić information content (AvgIpc) is 2.39. The first-order valence-electron chi connectivity index (χ1n) is 5.67. The van der Waals surface area contributed by atoms with Crippen molar-refractivity contribution in [2.75, 3.05) is 13.6 Å². The summed E-state index contributed by atoms with van der Waals surface area (Å²) in [6.45, 7) is 1.96. The second-order valence-electron chi connectivity index (χ2n) is 4.47. The van der Waals surface area contributed by atoms with Crippen LogP contribution in [0.25, 0.3) is 0 Å². The van der Waals surface area contributed by atoms with Crippen molar-refractivity contribution in [3.63, 3.8) is 0 Å². The highest BCUT2D eigenvalue weighted by molar-refractivity contribution is 5.71. The van der Waals surface area contributed by atoms with Crippen molar-refractivity contribution in [2.24, 2.45) is 0 Å². The molecule has 1 aliphatic heterocycles. The Kier molecular flexibility index (Phi) is 3.25. The van der Waals surface area contributed by atoms with Crippen molar-refractivity contribution in [1.82, 2.24) is 4.90 Å². The van der Waals surface area contributed by atoms with Gasteiger partial charge in [0.15, 0.2) is 0 Å². The minimum atomic E-state index is -0.750. The second kappa shape index (κ2) is 4.66. The van der Waals surface area contributed by atoms with Crippen molar-refractivity contribution in [3.8, 4) is 0 Å². The Bertz CT molecular complexity index is 401. The Labute approximate surface area is 95.7 Å². The van der Waals surface area contributed by atoms with Gasteiger partial charge in [0.2, 0.25) is 0 Å². The number of carbonyl (C=O) groups is 1. The van der Waals surface area contributed by atoms with Crippen LogP contribution in [0.4, 0.5) is 0 Å². The topological polar surface area (TPSA) is 40.5 Å². The molecule has 1 aliphatic rings. The number of carboxylic acids is 1. The van der Waals surface area contributed by atoms with Gasteiger partial charge in [0.25, 0.3) is 0 Å². The number of aliphatic carboxylic acids is 1. The highest BCUT2D eigenvalue weighted by Crippen LogP contribution is 2.22. The fourth-order valence-corrected chi connectivity index (χ4v) is 2.34. The number of hydrogen-bond acceptors (Lipinski definition) is 2. The van der Waals surface area contributed by atoms with Crippen molar-refractivity contribution in [3.05, 3.63) is 34.9 Å². The quantitative estimate of drug-likeness (QED) is 0.823. The number of fused-ring (bicyclic) bond motifs is 1. The van der Waals surface area contributed by atoms with Crippen molar-refractivity contribution < 1.29 is 9.90 Å². The van der Waals surface area contributed by atoms with E-state index in [1.165, 1.54) is 11.1 Å². The van der Waals surface area contributed by atoms with E-state index in [0.29, 0.717) is 0 Å². The molecule has 16 heavy (non-hydrogen) atoms. The van der Waals surface area contributed by atoms with Crippen molar-refractivity contribution in [1.29, 1.82) is 0 Å². The molecular formula is C13H17NO2. The maximum absolute atomic E-state index is 10.8. The largest absolute Gasteiger partial charge is 0.481 e. The van der Waals surface area contributed by atoms with Gasteiger partial charge in [-0.1, -0.05) is 18.2 Å². The van der Waals surface area contributed by atoms with Crippen molar-refractivity contribution in [2.45, 2.75) is 25.8 Å². The molecule has 0 radical (unpaired) electrons. The number of aryl methyl sites for hydroxylation is 1. The van der Waals surface area contributed by atoms with Crippen LogP contribution in [-0.2, 0) is 24.2 Å². The van der Waals surface area contributed by atoms with E-state index in [-0.39, 0.29) is 6.42 Å². The Morgan fingerprint density at radius 2 is 2.31 bits per heavy atom. The molecule has 1 heterocycles. The molecule has 3 heteroatoms. The van der Waals surface area contributed by atoms with E-state index in [4.69, 9.17) is 5.11 Å². The molecule has 1 N–H and O–H groups in total. The standard InChI is InChI=1S/C13H17NO2/c1-14-7-3-6-10-4-2-5-11(8-13(15)16)12(10)9-14/h2,4-5H,3,6-9H2,1H3,(H,15,16). The fraction of sp³-hybridized carbons (Fsp3) is 0.462. The predicted octanol–water partition coefficient (Wildman–Crippen LogP) is 1.69. The lowest BCUT2D eigenvalue weighted by atomic mass is 9.97. The third-order valence-corrected chi connectivity index (χ3v) is 3.13. The lowest BCUT2D eigenvalue weighted by Gasteiger charge is -2.16. The molecule has 1 aromatic carbocycles. The van der Waals surface area contributed by atoms with Crippen molar-refractivity contribution >= 4 is 5.97 Å². The zero-order valence-electron chi connectivity index (χ0n) is 9.57. The SMILES string of the molecule is CN1CCCc2cccc(CC(=O)O)c2C1. The molecule has 2 rings (SSSR count). The van der Waals surface area contributed by atoms with Crippen LogP contribution in [0, 0.1) is 0 Å². The summed E-state index contributed by atoms with van der Waals surface area (Å²) in [5.74, 6) is -0.750. The van der Waals surface area contributed by atoms with Gasteiger partial charge in [-0.15, -0.1) is 0 Å². The van der Waals surface area contributed by atoms with Gasteiger partial charge < -0.3 is 10.0 Å². The van der Waals surface area contributed by atoms with E-state index in [1.54, 1.807) is 0 Å². The number of rotatable bonds is 2. The summed E-state index contributed by atoms with van der Waals surface area (Å²) in [5, 5.41) is 8.89. The van der Waals surface area contributed by atoms with E-state index in [2.05, 4.69) is 18.0 Å². The van der Waals surface area contributed by atoms with Crippen LogP contribution in [0.3, 0.4) is 0 Å². The summed E-state index contributed by atoms with van der Waals surface area (Å²) in [7, 11) is 2.09. The Morgan fingerprint density at radius 3 is 3.06 bits per heavy atom. The maximum atomic E-state index is 10.8. The van der Waals surface area contributed by atoms with Gasteiger partial charge in [0.1, 0.15) is 0 Å². The van der Waals surface area contributed by atoms with Crippen LogP contribution in [0.1, 0.15) is 23.1 Å². The smallest absolute Gasteiger partial charge is 0.307 e. The van der Waals surface area contributed by atoms with Crippen LogP contribution in [0.5, 0.6) is 0 Å². The number of hydrogen-bond donors (Lipinski definition) is 1. The van der Waals surface area contributed by atoms with Gasteiger partial charge >= 0.3 is 5.97 Å². The summed E-state index contributed by atoms with van der Waals surface area (Å²) >= 11 is 0. The predicted molar refractivity (Wildman–Crippen MR) is 62.4 cm³/mol. The van der Waals surface area contributed by atoms with E-state index in [9.17, 15) is 4.79 Å². The summed E-state index contributed by atoms with van der Waals surface area (Å²) < 4.78 is 0. The lowest BCUT2D eigenvalue weighted by molar-refractivity contribution is -0.136. The Hall–Kier alpha value is -1.35. The monoisotopic (exact) mass is 219 g/mol. The zero-order chi connectivity index (χ0) is 11.5. The molecule has 0 saturated heterocycles. The molecule has 0 aliphatic carbocycles. The molecule has 86 valence electrons. The average molecular weight is 219 g/mol. The molecule has 0 bridgehead atoms. The minimum Gasteiger partial charge on any atom is -0.481 e. The second-order valence-corrected chi connectivity index (χ2v) is 4.47. The molecule has 0 amide bonds. The van der Waals surface area contributed by atoms with Gasteiger partial charge in [0, 0.05) is 6.54 Å². The normalized spacial score (nSPS) is 16.6. The van der Waals surface area contributed by atoms with E-state index < -0.39 is 5.97 Å². The van der Waals surface area contributed by atoms with E-state index >= 15 is 0 Å². The Balaban J connectivity index is 2.36. The van der Waals surface area contributed by atoms with Gasteiger partial charge in [-0.25, -0.2) is 0 Å². The van der Waals surface area contributed by atoms with Crippen LogP contribution in [-0.4, -0.2) is 29.6 Å². The third kappa shape index (κ3) is 2.42. The highest BCUT2D eigenvalue weighted by atomic mass is 16.4. The maximum Gasteiger partial charge on any atom is 0.307 e. The van der Waals surface area contributed by atoms with Gasteiger partial charge in [-0.05, 0) is 43.1 Å². The summed E-state index contributed by atoms with van der Waals surface area (Å²) in [6.07, 6.45) is 2.35. The first kappa shape index (κ1) is 11.1. The Morgan fingerprint density at radius 1 is 1.50 bits per heavy atom. The summed E-state index contributed by atoms with van der Waals surface area (Å²) in [5.41, 5.74) is 3.52. The summed E-state index contributed by atoms with van der Waals surface area (Å²) in [4.78, 5) is 13.1. The van der Waals surface area contributed by atoms with E-state index in [1.807, 2.05) is 12.1 Å². The molecule has 1 aromatic rings. The minimum absolute atomic E-state index is 0.136. The first-order chi connectivity index (χ1) is 7.66. The zero-order valence-corrected chi connectivity index (χ0v) is 9.57. The van der Waals surface area contributed by atoms with E-state index in [0.717, 1.165) is 31.5 Å².